The van der Waals surface area contributed by atoms with Crippen LogP contribution < -0.4 is 5.32 Å². The van der Waals surface area contributed by atoms with Gasteiger partial charge in [0.25, 0.3) is 0 Å². The third kappa shape index (κ3) is 3.19. The van der Waals surface area contributed by atoms with Crippen LogP contribution in [0.5, 0.6) is 0 Å². The van der Waals surface area contributed by atoms with Crippen molar-refractivity contribution in [2.24, 2.45) is 0 Å². The maximum absolute atomic E-state index is 13.2. The number of likely N-dealkylation sites (N-methyl/N-ethyl adjacent to an activating group) is 1. The molecule has 7 heteroatoms. The molecule has 1 aromatic rings. The van der Waals surface area contributed by atoms with Crippen LogP contribution in [-0.2, 0) is 19.0 Å². The first kappa shape index (κ1) is 15.5. The van der Waals surface area contributed by atoms with Gasteiger partial charge in [-0.3, -0.25) is 0 Å². The molecule has 1 fully saturated rings. The molecule has 1 aliphatic heterocycles. The van der Waals surface area contributed by atoms with E-state index in [9.17, 15) is 13.2 Å². The molecule has 2 aliphatic rings. The highest BCUT2D eigenvalue weighted by molar-refractivity contribution is 5.37. The summed E-state index contributed by atoms with van der Waals surface area (Å²) in [5, 5.41) is 3.02. The number of halogens is 3. The molecule has 122 valence electrons. The van der Waals surface area contributed by atoms with Gasteiger partial charge in [0.1, 0.15) is 0 Å². The highest BCUT2D eigenvalue weighted by atomic mass is 19.4. The topological polar surface area (TPSA) is 41.0 Å². The van der Waals surface area contributed by atoms with Gasteiger partial charge in [0.15, 0.2) is 5.69 Å². The van der Waals surface area contributed by atoms with Crippen molar-refractivity contribution in [3.63, 3.8) is 0 Å². The van der Waals surface area contributed by atoms with E-state index in [-0.39, 0.29) is 5.95 Å². The van der Waals surface area contributed by atoms with Gasteiger partial charge < -0.3 is 10.2 Å². The van der Waals surface area contributed by atoms with E-state index in [2.05, 4.69) is 20.2 Å². The predicted octanol–water partition coefficient (Wildman–Crippen LogP) is 2.88. The first-order valence-corrected chi connectivity index (χ1v) is 7.86. The average molecular weight is 314 g/mol. The molecule has 3 rings (SSSR count). The van der Waals surface area contributed by atoms with E-state index in [1.54, 1.807) is 0 Å². The number of anilines is 1. The maximum atomic E-state index is 13.2. The molecule has 1 aromatic heterocycles. The Kier molecular flexibility index (Phi) is 4.25. The van der Waals surface area contributed by atoms with E-state index in [0.29, 0.717) is 36.7 Å². The van der Waals surface area contributed by atoms with E-state index >= 15 is 0 Å². The van der Waals surface area contributed by atoms with E-state index < -0.39 is 11.9 Å². The second-order valence-corrected chi connectivity index (χ2v) is 6.18. The van der Waals surface area contributed by atoms with Gasteiger partial charge in [-0.25, -0.2) is 9.97 Å². The SMILES string of the molecule is CN1CCCC1CNc1nc2c(c(C(F)(F)F)n1)CCCC2. The lowest BCUT2D eigenvalue weighted by atomic mass is 9.94. The van der Waals surface area contributed by atoms with Crippen LogP contribution >= 0.6 is 0 Å². The lowest BCUT2D eigenvalue weighted by Gasteiger charge is -2.22. The van der Waals surface area contributed by atoms with Crippen molar-refractivity contribution in [2.45, 2.75) is 50.7 Å². The number of hydrogen-bond acceptors (Lipinski definition) is 4. The summed E-state index contributed by atoms with van der Waals surface area (Å²) in [6.07, 6.45) is 0.479. The van der Waals surface area contributed by atoms with E-state index in [0.717, 1.165) is 32.2 Å². The summed E-state index contributed by atoms with van der Waals surface area (Å²) >= 11 is 0. The average Bonchev–Trinajstić information content (AvgIpc) is 2.88. The summed E-state index contributed by atoms with van der Waals surface area (Å²) in [7, 11) is 2.04. The Morgan fingerprint density at radius 3 is 2.64 bits per heavy atom. The summed E-state index contributed by atoms with van der Waals surface area (Å²) in [6, 6.07) is 0.342. The standard InChI is InChI=1S/C15H21F3N4/c1-22-8-4-5-10(22)9-19-14-20-12-7-3-2-6-11(12)13(21-14)15(16,17)18/h10H,2-9H2,1H3,(H,19,20,21). The van der Waals surface area contributed by atoms with Gasteiger partial charge in [-0.1, -0.05) is 0 Å². The van der Waals surface area contributed by atoms with Crippen molar-refractivity contribution < 1.29 is 13.2 Å². The summed E-state index contributed by atoms with van der Waals surface area (Å²) in [5.74, 6) is 0.119. The fourth-order valence-corrected chi connectivity index (χ4v) is 3.35. The maximum Gasteiger partial charge on any atom is 0.433 e. The molecule has 0 aromatic carbocycles. The Balaban J connectivity index is 1.82. The molecule has 0 amide bonds. The second kappa shape index (κ2) is 6.02. The fourth-order valence-electron chi connectivity index (χ4n) is 3.35. The highest BCUT2D eigenvalue weighted by Crippen LogP contribution is 2.35. The molecule has 0 bridgehead atoms. The molecular formula is C15H21F3N4. The van der Waals surface area contributed by atoms with Crippen LogP contribution in [0.4, 0.5) is 19.1 Å². The number of likely N-dealkylation sites (tertiary alicyclic amines) is 1. The van der Waals surface area contributed by atoms with Crippen molar-refractivity contribution >= 4 is 5.95 Å². The molecule has 2 heterocycles. The number of rotatable bonds is 3. The zero-order valence-corrected chi connectivity index (χ0v) is 12.7. The van der Waals surface area contributed by atoms with Crippen molar-refractivity contribution in [3.05, 3.63) is 17.0 Å². The van der Waals surface area contributed by atoms with Crippen molar-refractivity contribution in [3.8, 4) is 0 Å². The molecule has 0 spiro atoms. The minimum atomic E-state index is -4.41. The number of fused-ring (bicyclic) bond motifs is 1. The largest absolute Gasteiger partial charge is 0.433 e. The predicted molar refractivity (Wildman–Crippen MR) is 77.8 cm³/mol. The van der Waals surface area contributed by atoms with Gasteiger partial charge in [-0.05, 0) is 52.1 Å². The Morgan fingerprint density at radius 2 is 1.95 bits per heavy atom. The minimum absolute atomic E-state index is 0.119. The van der Waals surface area contributed by atoms with Crippen LogP contribution in [-0.4, -0.2) is 41.0 Å². The Morgan fingerprint density at radius 1 is 1.18 bits per heavy atom. The third-order valence-corrected chi connectivity index (χ3v) is 4.62. The summed E-state index contributed by atoms with van der Waals surface area (Å²) in [6.45, 7) is 1.62. The molecule has 1 atom stereocenters. The van der Waals surface area contributed by atoms with Gasteiger partial charge in [0, 0.05) is 23.8 Å². The third-order valence-electron chi connectivity index (χ3n) is 4.62. The van der Waals surface area contributed by atoms with Crippen molar-refractivity contribution in [2.75, 3.05) is 25.5 Å². The minimum Gasteiger partial charge on any atom is -0.353 e. The monoisotopic (exact) mass is 314 g/mol. The molecule has 4 nitrogen and oxygen atoms in total. The molecule has 1 aliphatic carbocycles. The molecule has 0 radical (unpaired) electrons. The lowest BCUT2D eigenvalue weighted by molar-refractivity contribution is -0.142. The molecule has 0 saturated carbocycles. The Bertz CT molecular complexity index is 544. The van der Waals surface area contributed by atoms with Crippen LogP contribution in [0.15, 0.2) is 0 Å². The van der Waals surface area contributed by atoms with Gasteiger partial charge in [-0.15, -0.1) is 0 Å². The first-order valence-electron chi connectivity index (χ1n) is 7.86. The molecule has 1 unspecified atom stereocenters. The highest BCUT2D eigenvalue weighted by Gasteiger charge is 2.38. The second-order valence-electron chi connectivity index (χ2n) is 6.18. The number of nitrogens with zero attached hydrogens (tertiary/aromatic N) is 3. The number of nitrogens with one attached hydrogen (secondary N) is 1. The molecule has 22 heavy (non-hydrogen) atoms. The lowest BCUT2D eigenvalue weighted by Crippen LogP contribution is -2.32. The van der Waals surface area contributed by atoms with Gasteiger partial charge in [-0.2, -0.15) is 13.2 Å². The first-order chi connectivity index (χ1) is 10.4. The van der Waals surface area contributed by atoms with Gasteiger partial charge in [0.05, 0.1) is 0 Å². The normalized spacial score (nSPS) is 22.6. The van der Waals surface area contributed by atoms with Crippen LogP contribution in [0.1, 0.15) is 42.6 Å². The number of aryl methyl sites for hydroxylation is 1. The smallest absolute Gasteiger partial charge is 0.353 e. The van der Waals surface area contributed by atoms with Crippen LogP contribution in [0.25, 0.3) is 0 Å². The summed E-state index contributed by atoms with van der Waals surface area (Å²) < 4.78 is 39.7. The molecular weight excluding hydrogens is 293 g/mol. The number of aromatic nitrogens is 2. The van der Waals surface area contributed by atoms with Crippen LogP contribution in [0, 0.1) is 0 Å². The van der Waals surface area contributed by atoms with Gasteiger partial charge in [0.2, 0.25) is 5.95 Å². The Hall–Kier alpha value is -1.37. The summed E-state index contributed by atoms with van der Waals surface area (Å²) in [5.41, 5.74) is 0.109. The fraction of sp³-hybridized carbons (Fsp3) is 0.733. The van der Waals surface area contributed by atoms with E-state index in [1.807, 2.05) is 7.05 Å². The van der Waals surface area contributed by atoms with Gasteiger partial charge >= 0.3 is 6.18 Å². The van der Waals surface area contributed by atoms with E-state index in [1.165, 1.54) is 0 Å². The zero-order valence-electron chi connectivity index (χ0n) is 12.7. The van der Waals surface area contributed by atoms with Crippen molar-refractivity contribution in [1.82, 2.24) is 14.9 Å². The molecule has 1 saturated heterocycles. The van der Waals surface area contributed by atoms with Crippen LogP contribution in [0.2, 0.25) is 0 Å². The van der Waals surface area contributed by atoms with Crippen LogP contribution in [0.3, 0.4) is 0 Å². The number of hydrogen-bond donors (Lipinski definition) is 1. The summed E-state index contributed by atoms with van der Waals surface area (Å²) in [4.78, 5) is 10.3. The quantitative estimate of drug-likeness (QED) is 0.931. The zero-order chi connectivity index (χ0) is 15.7. The Labute approximate surface area is 128 Å². The van der Waals surface area contributed by atoms with E-state index in [4.69, 9.17) is 0 Å². The number of alkyl halides is 3. The van der Waals surface area contributed by atoms with Crippen molar-refractivity contribution in [1.29, 1.82) is 0 Å². The molecule has 1 N–H and O–H groups in total.